The van der Waals surface area contributed by atoms with Gasteiger partial charge in [0.25, 0.3) is 0 Å². The Balaban J connectivity index is 1.23. The summed E-state index contributed by atoms with van der Waals surface area (Å²) in [5, 5.41) is 7.61. The van der Waals surface area contributed by atoms with E-state index in [0.29, 0.717) is 22.7 Å². The molecule has 7 nitrogen and oxygen atoms in total. The summed E-state index contributed by atoms with van der Waals surface area (Å²) in [6.45, 7) is 13.9. The number of piperidine rings is 1. The normalized spacial score (nSPS) is 17.6. The first-order valence-electron chi connectivity index (χ1n) is 13.3. The summed E-state index contributed by atoms with van der Waals surface area (Å²) < 4.78 is 17.1. The molecule has 2 aliphatic heterocycles. The van der Waals surface area contributed by atoms with Crippen LogP contribution in [0, 0.1) is 18.2 Å². The minimum Gasteiger partial charge on any atom is -0.369 e. The average molecular weight is 492 g/mol. The lowest BCUT2D eigenvalue weighted by molar-refractivity contribution is -0.0187. The lowest BCUT2D eigenvalue weighted by Crippen LogP contribution is -2.60. The monoisotopic (exact) mass is 491 g/mol. The fourth-order valence-corrected chi connectivity index (χ4v) is 5.49. The van der Waals surface area contributed by atoms with Crippen LogP contribution >= 0.6 is 0 Å². The van der Waals surface area contributed by atoms with Crippen LogP contribution in [0.25, 0.3) is 11.3 Å². The molecule has 0 aliphatic carbocycles. The van der Waals surface area contributed by atoms with Gasteiger partial charge in [0.05, 0.1) is 17.6 Å². The van der Waals surface area contributed by atoms with Crippen molar-refractivity contribution in [2.75, 3.05) is 42.9 Å². The maximum atomic E-state index is 15.2. The van der Waals surface area contributed by atoms with E-state index in [4.69, 9.17) is 4.98 Å². The zero-order valence-electron chi connectivity index (χ0n) is 22.0. The molecule has 1 aromatic carbocycles. The van der Waals surface area contributed by atoms with Crippen LogP contribution in [-0.2, 0) is 0 Å². The molecule has 0 amide bonds. The highest BCUT2D eigenvalue weighted by Gasteiger charge is 2.44. The molecular weight excluding hydrogens is 453 g/mol. The minimum atomic E-state index is -0.209. The van der Waals surface area contributed by atoms with Gasteiger partial charge in [-0.15, -0.1) is 0 Å². The Bertz CT molecular complexity index is 1190. The van der Waals surface area contributed by atoms with Gasteiger partial charge in [-0.1, -0.05) is 13.3 Å². The molecule has 0 saturated carbocycles. The summed E-state index contributed by atoms with van der Waals surface area (Å²) in [5.74, 6) is 0.234. The van der Waals surface area contributed by atoms with E-state index in [1.165, 1.54) is 32.5 Å². The van der Waals surface area contributed by atoms with E-state index in [1.807, 2.05) is 36.1 Å². The van der Waals surface area contributed by atoms with Crippen LogP contribution in [0.5, 0.6) is 0 Å². The number of aromatic nitrogens is 4. The van der Waals surface area contributed by atoms with Gasteiger partial charge in [-0.3, -0.25) is 4.68 Å². The Morgan fingerprint density at radius 1 is 1.14 bits per heavy atom. The summed E-state index contributed by atoms with van der Waals surface area (Å²) in [6.07, 6.45) is 10.4. The summed E-state index contributed by atoms with van der Waals surface area (Å²) in [6, 6.07) is 5.62. The molecule has 0 atom stereocenters. The summed E-state index contributed by atoms with van der Waals surface area (Å²) in [5.41, 5.74) is 4.51. The molecule has 1 N–H and O–H groups in total. The number of hydrogen-bond donors (Lipinski definition) is 1. The molecule has 2 aromatic heterocycles. The van der Waals surface area contributed by atoms with Gasteiger partial charge in [0, 0.05) is 55.9 Å². The Kier molecular flexibility index (Phi) is 6.97. The van der Waals surface area contributed by atoms with E-state index >= 15 is 4.39 Å². The number of halogens is 1. The van der Waals surface area contributed by atoms with Crippen LogP contribution in [0.1, 0.15) is 58.1 Å². The Hall–Kier alpha value is -3.00. The zero-order chi connectivity index (χ0) is 25.3. The molecule has 8 heteroatoms. The van der Waals surface area contributed by atoms with E-state index in [2.05, 4.69) is 46.0 Å². The van der Waals surface area contributed by atoms with Crippen molar-refractivity contribution in [2.24, 2.45) is 5.41 Å². The smallest absolute Gasteiger partial charge is 0.227 e. The average Bonchev–Trinajstić information content (AvgIpc) is 3.34. The van der Waals surface area contributed by atoms with E-state index in [1.54, 1.807) is 12.3 Å². The lowest BCUT2D eigenvalue weighted by Gasteiger charge is -2.54. The van der Waals surface area contributed by atoms with Crippen LogP contribution in [0.2, 0.25) is 0 Å². The number of nitrogens with one attached hydrogen (secondary N) is 1. The molecule has 1 spiro atoms. The van der Waals surface area contributed by atoms with Crippen LogP contribution in [0.15, 0.2) is 36.8 Å². The summed E-state index contributed by atoms with van der Waals surface area (Å²) >= 11 is 0. The Labute approximate surface area is 213 Å². The number of benzene rings is 1. The largest absolute Gasteiger partial charge is 0.369 e. The van der Waals surface area contributed by atoms with Crippen molar-refractivity contribution >= 4 is 17.3 Å². The number of rotatable bonds is 8. The molecule has 0 radical (unpaired) electrons. The standard InChI is InChI=1S/C28H38FN7/c1-5-6-11-34-18-28(19-34)9-12-35(13-10-28)25-8-7-23(14-24(25)29)32-27-30-15-21(4)26(33-27)22-16-31-36(17-22)20(2)3/h7-8,14-17,20H,5-6,9-13,18-19H2,1-4H3,(H,30,32,33). The van der Waals surface area contributed by atoms with Crippen molar-refractivity contribution in [1.29, 1.82) is 0 Å². The van der Waals surface area contributed by atoms with Gasteiger partial charge in [0.2, 0.25) is 5.95 Å². The number of hydrogen-bond acceptors (Lipinski definition) is 6. The van der Waals surface area contributed by atoms with E-state index in [0.717, 1.165) is 42.8 Å². The van der Waals surface area contributed by atoms with Gasteiger partial charge in [-0.25, -0.2) is 14.4 Å². The third-order valence-corrected chi connectivity index (χ3v) is 7.69. The molecule has 2 aliphatic rings. The van der Waals surface area contributed by atoms with Gasteiger partial charge in [0.1, 0.15) is 5.82 Å². The second kappa shape index (κ2) is 10.2. The van der Waals surface area contributed by atoms with Gasteiger partial charge in [0.15, 0.2) is 0 Å². The van der Waals surface area contributed by atoms with Gasteiger partial charge >= 0.3 is 0 Å². The Morgan fingerprint density at radius 3 is 2.58 bits per heavy atom. The number of likely N-dealkylation sites (tertiary alicyclic amines) is 1. The van der Waals surface area contributed by atoms with Gasteiger partial charge in [-0.05, 0) is 75.8 Å². The maximum Gasteiger partial charge on any atom is 0.227 e. The highest BCUT2D eigenvalue weighted by Crippen LogP contribution is 2.42. The molecule has 2 saturated heterocycles. The van der Waals surface area contributed by atoms with Crippen molar-refractivity contribution in [3.63, 3.8) is 0 Å². The van der Waals surface area contributed by atoms with Crippen LogP contribution < -0.4 is 10.2 Å². The topological polar surface area (TPSA) is 62.1 Å². The molecule has 5 rings (SSSR count). The van der Waals surface area contributed by atoms with Gasteiger partial charge < -0.3 is 15.1 Å². The fraction of sp³-hybridized carbons (Fsp3) is 0.536. The molecule has 3 aromatic rings. The van der Waals surface area contributed by atoms with Crippen molar-refractivity contribution in [1.82, 2.24) is 24.6 Å². The molecule has 0 unspecified atom stereocenters. The van der Waals surface area contributed by atoms with E-state index in [-0.39, 0.29) is 11.9 Å². The first-order valence-corrected chi connectivity index (χ1v) is 13.3. The third-order valence-electron chi connectivity index (χ3n) is 7.69. The first-order chi connectivity index (χ1) is 17.4. The van der Waals surface area contributed by atoms with Crippen molar-refractivity contribution < 1.29 is 4.39 Å². The molecule has 4 heterocycles. The van der Waals surface area contributed by atoms with Crippen LogP contribution in [0.4, 0.5) is 21.7 Å². The number of anilines is 3. The second-order valence-electron chi connectivity index (χ2n) is 10.9. The summed E-state index contributed by atoms with van der Waals surface area (Å²) in [7, 11) is 0. The number of nitrogens with zero attached hydrogens (tertiary/aromatic N) is 6. The second-order valence-corrected chi connectivity index (χ2v) is 10.9. The first kappa shape index (κ1) is 24.7. The van der Waals surface area contributed by atoms with E-state index in [9.17, 15) is 0 Å². The zero-order valence-corrected chi connectivity index (χ0v) is 22.0. The highest BCUT2D eigenvalue weighted by molar-refractivity contribution is 5.65. The maximum absolute atomic E-state index is 15.2. The molecule has 0 bridgehead atoms. The highest BCUT2D eigenvalue weighted by atomic mass is 19.1. The fourth-order valence-electron chi connectivity index (χ4n) is 5.49. The SMILES string of the molecule is CCCCN1CC2(CCN(c3ccc(Nc4ncc(C)c(-c5cnn(C(C)C)c5)n4)cc3F)CC2)C1. The van der Waals surface area contributed by atoms with Crippen molar-refractivity contribution in [3.8, 4) is 11.3 Å². The molecule has 192 valence electrons. The minimum absolute atomic E-state index is 0.209. The van der Waals surface area contributed by atoms with Gasteiger partial charge in [-0.2, -0.15) is 5.10 Å². The van der Waals surface area contributed by atoms with Crippen LogP contribution in [0.3, 0.4) is 0 Å². The molecule has 36 heavy (non-hydrogen) atoms. The number of aryl methyl sites for hydroxylation is 1. The summed E-state index contributed by atoms with van der Waals surface area (Å²) in [4.78, 5) is 13.9. The third kappa shape index (κ3) is 5.09. The quantitative estimate of drug-likeness (QED) is 0.429. The molecule has 2 fully saturated rings. The predicted molar refractivity (Wildman–Crippen MR) is 143 cm³/mol. The Morgan fingerprint density at radius 2 is 1.92 bits per heavy atom. The van der Waals surface area contributed by atoms with Crippen molar-refractivity contribution in [2.45, 2.75) is 59.4 Å². The van der Waals surface area contributed by atoms with Crippen LogP contribution in [-0.4, -0.2) is 57.4 Å². The lowest BCUT2D eigenvalue weighted by atomic mass is 9.72. The van der Waals surface area contributed by atoms with Crippen molar-refractivity contribution in [3.05, 3.63) is 48.2 Å². The van der Waals surface area contributed by atoms with E-state index < -0.39 is 0 Å². The molecular formula is C28H38FN7. The predicted octanol–water partition coefficient (Wildman–Crippen LogP) is 5.81. The number of unbranched alkanes of at least 4 members (excludes halogenated alkanes) is 1.